The zero-order chi connectivity index (χ0) is 15.4. The first-order valence-electron chi connectivity index (χ1n) is 6.07. The Hall–Kier alpha value is -1.15. The van der Waals surface area contributed by atoms with Crippen LogP contribution in [0.5, 0.6) is 0 Å². The molecule has 6 heteroatoms. The Morgan fingerprint density at radius 1 is 1.33 bits per heavy atom. The van der Waals surface area contributed by atoms with Crippen molar-refractivity contribution in [3.63, 3.8) is 0 Å². The molecule has 0 heterocycles. The summed E-state index contributed by atoms with van der Waals surface area (Å²) in [5.41, 5.74) is 2.34. The Labute approximate surface area is 144 Å². The number of benzene rings is 2. The van der Waals surface area contributed by atoms with Crippen molar-refractivity contribution in [3.8, 4) is 0 Å². The third-order valence-corrected chi connectivity index (χ3v) is 4.51. The van der Waals surface area contributed by atoms with Crippen LogP contribution in [0, 0.1) is 9.39 Å². The van der Waals surface area contributed by atoms with E-state index in [0.29, 0.717) is 12.1 Å². The van der Waals surface area contributed by atoms with Crippen LogP contribution >= 0.6 is 38.5 Å². The van der Waals surface area contributed by atoms with Crippen LogP contribution in [-0.4, -0.2) is 13.1 Å². The minimum Gasteiger partial charge on any atom is -0.465 e. The van der Waals surface area contributed by atoms with Crippen LogP contribution in [0.4, 0.5) is 10.1 Å². The van der Waals surface area contributed by atoms with Crippen LogP contribution < -0.4 is 5.32 Å². The molecule has 0 saturated carbocycles. The van der Waals surface area contributed by atoms with Crippen molar-refractivity contribution in [1.29, 1.82) is 0 Å². The highest BCUT2D eigenvalue weighted by molar-refractivity contribution is 14.1. The van der Waals surface area contributed by atoms with E-state index in [1.165, 1.54) is 19.2 Å². The number of anilines is 1. The van der Waals surface area contributed by atoms with E-state index in [1.807, 2.05) is 6.07 Å². The highest BCUT2D eigenvalue weighted by Gasteiger charge is 2.09. The van der Waals surface area contributed by atoms with Gasteiger partial charge in [0.1, 0.15) is 5.82 Å². The number of methoxy groups -OCH3 is 1. The van der Waals surface area contributed by atoms with Crippen LogP contribution in [0.3, 0.4) is 0 Å². The largest absolute Gasteiger partial charge is 0.465 e. The van der Waals surface area contributed by atoms with Gasteiger partial charge in [-0.05, 0) is 58.5 Å². The Balaban J connectivity index is 2.11. The molecule has 0 atom stereocenters. The third kappa shape index (κ3) is 4.16. The summed E-state index contributed by atoms with van der Waals surface area (Å²) < 4.78 is 19.3. The number of hydrogen-bond donors (Lipinski definition) is 1. The fraction of sp³-hybridized carbons (Fsp3) is 0.133. The number of halogens is 3. The highest BCUT2D eigenvalue weighted by atomic mass is 127. The van der Waals surface area contributed by atoms with E-state index in [1.54, 1.807) is 18.2 Å². The predicted molar refractivity (Wildman–Crippen MR) is 91.9 cm³/mol. The number of ether oxygens (including phenoxy) is 1. The SMILES string of the molecule is COC(=O)c1ccc(CNc2ccc(F)cc2I)c(Br)c1. The molecule has 0 amide bonds. The molecule has 0 aliphatic heterocycles. The lowest BCUT2D eigenvalue weighted by atomic mass is 10.1. The lowest BCUT2D eigenvalue weighted by Crippen LogP contribution is -2.05. The van der Waals surface area contributed by atoms with Gasteiger partial charge in [0.05, 0.1) is 12.7 Å². The van der Waals surface area contributed by atoms with E-state index in [2.05, 4.69) is 48.6 Å². The molecule has 0 unspecified atom stereocenters. The lowest BCUT2D eigenvalue weighted by molar-refractivity contribution is 0.0600. The average molecular weight is 464 g/mol. The zero-order valence-corrected chi connectivity index (χ0v) is 14.9. The van der Waals surface area contributed by atoms with Crippen molar-refractivity contribution < 1.29 is 13.9 Å². The second kappa shape index (κ2) is 7.22. The molecule has 2 rings (SSSR count). The van der Waals surface area contributed by atoms with Crippen LogP contribution in [0.15, 0.2) is 40.9 Å². The predicted octanol–water partition coefficient (Wildman–Crippen LogP) is 4.59. The molecule has 0 radical (unpaired) electrons. The maximum Gasteiger partial charge on any atom is 0.337 e. The molecule has 0 spiro atoms. The Kier molecular flexibility index (Phi) is 5.58. The molecule has 2 aromatic carbocycles. The summed E-state index contributed by atoms with van der Waals surface area (Å²) in [6.45, 7) is 0.559. The second-order valence-corrected chi connectivity index (χ2v) is 6.29. The number of carbonyl (C=O) groups is 1. The molecule has 0 aliphatic rings. The van der Waals surface area contributed by atoms with E-state index >= 15 is 0 Å². The molecule has 0 aliphatic carbocycles. The van der Waals surface area contributed by atoms with Crippen LogP contribution in [-0.2, 0) is 11.3 Å². The molecule has 0 aromatic heterocycles. The Morgan fingerprint density at radius 3 is 2.71 bits per heavy atom. The molecule has 21 heavy (non-hydrogen) atoms. The van der Waals surface area contributed by atoms with Gasteiger partial charge in [0, 0.05) is 20.3 Å². The van der Waals surface area contributed by atoms with Gasteiger partial charge < -0.3 is 10.1 Å². The maximum absolute atomic E-state index is 13.0. The summed E-state index contributed by atoms with van der Waals surface area (Å²) in [4.78, 5) is 11.4. The number of hydrogen-bond acceptors (Lipinski definition) is 3. The van der Waals surface area contributed by atoms with E-state index in [9.17, 15) is 9.18 Å². The van der Waals surface area contributed by atoms with E-state index in [4.69, 9.17) is 0 Å². The van der Waals surface area contributed by atoms with Crippen molar-refractivity contribution in [2.24, 2.45) is 0 Å². The second-order valence-electron chi connectivity index (χ2n) is 4.28. The molecule has 3 nitrogen and oxygen atoms in total. The maximum atomic E-state index is 13.0. The van der Waals surface area contributed by atoms with Gasteiger partial charge in [0.25, 0.3) is 0 Å². The van der Waals surface area contributed by atoms with Gasteiger partial charge in [-0.1, -0.05) is 22.0 Å². The third-order valence-electron chi connectivity index (χ3n) is 2.87. The molecule has 0 saturated heterocycles. The summed E-state index contributed by atoms with van der Waals surface area (Å²) in [6.07, 6.45) is 0. The minimum atomic E-state index is -0.372. The first-order chi connectivity index (χ1) is 10.0. The van der Waals surface area contributed by atoms with Crippen molar-refractivity contribution in [3.05, 3.63) is 61.4 Å². The summed E-state index contributed by atoms with van der Waals surface area (Å²) in [7, 11) is 1.35. The molecular weight excluding hydrogens is 452 g/mol. The minimum absolute atomic E-state index is 0.256. The molecular formula is C15H12BrFINO2. The monoisotopic (exact) mass is 463 g/mol. The standard InChI is InChI=1S/C15H12BrFINO2/c1-21-15(20)9-2-3-10(12(16)6-9)8-19-14-5-4-11(17)7-13(14)18/h2-7,19H,8H2,1H3. The van der Waals surface area contributed by atoms with Gasteiger partial charge in [-0.25, -0.2) is 9.18 Å². The summed E-state index contributed by atoms with van der Waals surface area (Å²) in [5, 5.41) is 3.24. The van der Waals surface area contributed by atoms with Crippen LogP contribution in [0.2, 0.25) is 0 Å². The summed E-state index contributed by atoms with van der Waals surface area (Å²) >= 11 is 5.52. The molecule has 1 N–H and O–H groups in total. The van der Waals surface area contributed by atoms with Gasteiger partial charge in [-0.15, -0.1) is 0 Å². The highest BCUT2D eigenvalue weighted by Crippen LogP contribution is 2.23. The van der Waals surface area contributed by atoms with Gasteiger partial charge in [-0.3, -0.25) is 0 Å². The molecule has 0 fully saturated rings. The molecule has 2 aromatic rings. The van der Waals surface area contributed by atoms with Gasteiger partial charge in [0.2, 0.25) is 0 Å². The fourth-order valence-corrected chi connectivity index (χ4v) is 2.95. The smallest absolute Gasteiger partial charge is 0.337 e. The molecule has 110 valence electrons. The summed E-state index contributed by atoms with van der Waals surface area (Å²) in [5.74, 6) is -0.628. The van der Waals surface area contributed by atoms with Gasteiger partial charge >= 0.3 is 5.97 Å². The van der Waals surface area contributed by atoms with E-state index in [-0.39, 0.29) is 11.8 Å². The number of rotatable bonds is 4. The summed E-state index contributed by atoms with van der Waals surface area (Å²) in [6, 6.07) is 9.87. The van der Waals surface area contributed by atoms with Crippen molar-refractivity contribution in [2.75, 3.05) is 12.4 Å². The number of esters is 1. The normalized spacial score (nSPS) is 10.3. The Bertz CT molecular complexity index is 679. The number of nitrogens with one attached hydrogen (secondary N) is 1. The topological polar surface area (TPSA) is 38.3 Å². The average Bonchev–Trinajstić information content (AvgIpc) is 2.46. The zero-order valence-electron chi connectivity index (χ0n) is 11.1. The van der Waals surface area contributed by atoms with E-state index < -0.39 is 0 Å². The first-order valence-corrected chi connectivity index (χ1v) is 7.94. The molecule has 0 bridgehead atoms. The Morgan fingerprint density at radius 2 is 2.10 bits per heavy atom. The first kappa shape index (κ1) is 16.2. The van der Waals surface area contributed by atoms with Crippen LogP contribution in [0.1, 0.15) is 15.9 Å². The lowest BCUT2D eigenvalue weighted by Gasteiger charge is -2.11. The van der Waals surface area contributed by atoms with E-state index in [0.717, 1.165) is 19.3 Å². The van der Waals surface area contributed by atoms with Crippen molar-refractivity contribution >= 4 is 50.2 Å². The quantitative estimate of drug-likeness (QED) is 0.532. The van der Waals surface area contributed by atoms with Crippen molar-refractivity contribution in [1.82, 2.24) is 0 Å². The van der Waals surface area contributed by atoms with Crippen molar-refractivity contribution in [2.45, 2.75) is 6.54 Å². The fourth-order valence-electron chi connectivity index (χ4n) is 1.76. The van der Waals surface area contributed by atoms with Gasteiger partial charge in [-0.2, -0.15) is 0 Å². The van der Waals surface area contributed by atoms with Crippen LogP contribution in [0.25, 0.3) is 0 Å². The number of carbonyl (C=O) groups excluding carboxylic acids is 1. The van der Waals surface area contributed by atoms with Gasteiger partial charge in [0.15, 0.2) is 0 Å².